The maximum atomic E-state index is 11.2. The molecule has 2 aromatic carbocycles. The van der Waals surface area contributed by atoms with E-state index < -0.39 is 0 Å². The van der Waals surface area contributed by atoms with Crippen LogP contribution in [0.5, 0.6) is 5.75 Å². The van der Waals surface area contributed by atoms with Gasteiger partial charge in [0.05, 0.1) is 24.5 Å². The summed E-state index contributed by atoms with van der Waals surface area (Å²) in [5, 5.41) is 14.8. The molecule has 0 saturated heterocycles. The highest BCUT2D eigenvalue weighted by atomic mass is 16.5. The van der Waals surface area contributed by atoms with Gasteiger partial charge in [-0.3, -0.25) is 4.79 Å². The van der Waals surface area contributed by atoms with Crippen molar-refractivity contribution in [2.24, 2.45) is 11.8 Å². The van der Waals surface area contributed by atoms with Crippen LogP contribution in [0.2, 0.25) is 0 Å². The number of carbonyl (C=O) groups excluding carboxylic acids is 1. The molecular formula is C28H37N5O4. The Hall–Kier alpha value is -3.69. The second-order valence-electron chi connectivity index (χ2n) is 9.42. The van der Waals surface area contributed by atoms with Crippen molar-refractivity contribution in [1.82, 2.24) is 10.1 Å². The van der Waals surface area contributed by atoms with E-state index in [4.69, 9.17) is 20.2 Å². The summed E-state index contributed by atoms with van der Waals surface area (Å²) in [6.45, 7) is 7.54. The Morgan fingerprint density at radius 2 is 1.95 bits per heavy atom. The molecular weight excluding hydrogens is 470 g/mol. The lowest BCUT2D eigenvalue weighted by Crippen LogP contribution is -2.32. The molecule has 1 aromatic heterocycles. The third kappa shape index (κ3) is 8.44. The molecule has 198 valence electrons. The molecule has 9 nitrogen and oxygen atoms in total. The first-order valence-electron chi connectivity index (χ1n) is 12.5. The fraction of sp³-hybridized carbons (Fsp3) is 0.393. The van der Waals surface area contributed by atoms with E-state index in [0.717, 1.165) is 35.5 Å². The van der Waals surface area contributed by atoms with Crippen molar-refractivity contribution >= 4 is 23.2 Å². The normalized spacial score (nSPS) is 11.3. The van der Waals surface area contributed by atoms with E-state index in [9.17, 15) is 4.79 Å². The van der Waals surface area contributed by atoms with Crippen LogP contribution >= 0.6 is 0 Å². The smallest absolute Gasteiger partial charge is 0.250 e. The summed E-state index contributed by atoms with van der Waals surface area (Å²) in [5.74, 6) is 8.74. The van der Waals surface area contributed by atoms with Gasteiger partial charge < -0.3 is 24.3 Å². The van der Waals surface area contributed by atoms with Crippen LogP contribution in [0, 0.1) is 5.92 Å². The minimum absolute atomic E-state index is 0.0294. The molecule has 0 radical (unpaired) electrons. The van der Waals surface area contributed by atoms with Crippen LogP contribution in [0.3, 0.4) is 0 Å². The quantitative estimate of drug-likeness (QED) is 0.241. The summed E-state index contributed by atoms with van der Waals surface area (Å²) in [4.78, 5) is 17.8. The number of allylic oxidation sites excluding steroid dienone is 1. The van der Waals surface area contributed by atoms with E-state index in [1.807, 2.05) is 42.5 Å². The maximum absolute atomic E-state index is 11.2. The van der Waals surface area contributed by atoms with Crippen molar-refractivity contribution in [2.45, 2.75) is 40.2 Å². The first-order valence-corrected chi connectivity index (χ1v) is 12.5. The second kappa shape index (κ2) is 13.6. The Morgan fingerprint density at radius 1 is 1.19 bits per heavy atom. The summed E-state index contributed by atoms with van der Waals surface area (Å²) < 4.78 is 10.8. The SMILES string of the molecule is CC(=O)C/C=C/c1nc(-c2ccc(N(C)CCC(C)C)c(N(N)Cc3ccc(OCCO)cc3)c2)no1. The summed E-state index contributed by atoms with van der Waals surface area (Å²) in [6.07, 6.45) is 4.73. The summed E-state index contributed by atoms with van der Waals surface area (Å²) in [7, 11) is 2.06. The Balaban J connectivity index is 1.86. The molecule has 0 unspecified atom stereocenters. The number of aliphatic hydroxyl groups is 1. The fourth-order valence-corrected chi connectivity index (χ4v) is 3.67. The van der Waals surface area contributed by atoms with E-state index in [2.05, 4.69) is 35.9 Å². The average Bonchev–Trinajstić information content (AvgIpc) is 3.35. The van der Waals surface area contributed by atoms with Gasteiger partial charge in [0.15, 0.2) is 0 Å². The Labute approximate surface area is 218 Å². The number of hydrazine groups is 1. The number of nitrogens with zero attached hydrogens (tertiary/aromatic N) is 4. The highest BCUT2D eigenvalue weighted by molar-refractivity contribution is 5.78. The summed E-state index contributed by atoms with van der Waals surface area (Å²) in [5.41, 5.74) is 3.62. The van der Waals surface area contributed by atoms with Gasteiger partial charge in [0.25, 0.3) is 5.89 Å². The highest BCUT2D eigenvalue weighted by Crippen LogP contribution is 2.33. The highest BCUT2D eigenvalue weighted by Gasteiger charge is 2.17. The molecule has 3 aromatic rings. The number of aliphatic hydroxyl groups excluding tert-OH is 1. The number of aromatic nitrogens is 2. The predicted molar refractivity (Wildman–Crippen MR) is 146 cm³/mol. The van der Waals surface area contributed by atoms with Crippen LogP contribution in [-0.2, 0) is 11.3 Å². The molecule has 9 heteroatoms. The number of carbonyl (C=O) groups is 1. The van der Waals surface area contributed by atoms with Crippen molar-refractivity contribution in [1.29, 1.82) is 0 Å². The number of hydrogen-bond acceptors (Lipinski definition) is 9. The van der Waals surface area contributed by atoms with Crippen LogP contribution in [0.4, 0.5) is 11.4 Å². The molecule has 0 bridgehead atoms. The third-order valence-electron chi connectivity index (χ3n) is 5.74. The van der Waals surface area contributed by atoms with Crippen LogP contribution < -0.4 is 20.5 Å². The number of ether oxygens (including phenoxy) is 1. The standard InChI is InChI=1S/C28H37N5O4/c1-20(2)14-15-32(4)25-13-10-23(28-30-27(37-31-28)7-5-6-21(3)35)18-26(25)33(29)19-22-8-11-24(12-9-22)36-17-16-34/h5,7-13,18,20,34H,6,14-17,19,29H2,1-4H3/b7-5+. The van der Waals surface area contributed by atoms with Crippen LogP contribution in [0.25, 0.3) is 17.5 Å². The minimum atomic E-state index is -0.0294. The molecule has 0 aliphatic heterocycles. The molecule has 0 aliphatic rings. The van der Waals surface area contributed by atoms with E-state index in [0.29, 0.717) is 36.3 Å². The summed E-state index contributed by atoms with van der Waals surface area (Å²) >= 11 is 0. The third-order valence-corrected chi connectivity index (χ3v) is 5.74. The van der Waals surface area contributed by atoms with Crippen molar-refractivity contribution in [2.75, 3.05) is 36.7 Å². The molecule has 3 N–H and O–H groups in total. The topological polar surface area (TPSA) is 118 Å². The lowest BCUT2D eigenvalue weighted by Gasteiger charge is -2.28. The zero-order valence-corrected chi connectivity index (χ0v) is 22.1. The number of nitrogens with two attached hydrogens (primary N) is 1. The van der Waals surface area contributed by atoms with Crippen molar-refractivity contribution in [3.63, 3.8) is 0 Å². The van der Waals surface area contributed by atoms with Gasteiger partial charge in [0.2, 0.25) is 5.82 Å². The zero-order valence-electron chi connectivity index (χ0n) is 22.1. The molecule has 3 rings (SSSR count). The Kier molecular flexibility index (Phi) is 10.2. The van der Waals surface area contributed by atoms with Gasteiger partial charge in [-0.25, -0.2) is 5.84 Å². The lowest BCUT2D eigenvalue weighted by atomic mass is 10.1. The van der Waals surface area contributed by atoms with E-state index >= 15 is 0 Å². The molecule has 0 saturated carbocycles. The number of hydrogen-bond donors (Lipinski definition) is 2. The maximum Gasteiger partial charge on any atom is 0.250 e. The number of rotatable bonds is 14. The second-order valence-corrected chi connectivity index (χ2v) is 9.42. The fourth-order valence-electron chi connectivity index (χ4n) is 3.67. The predicted octanol–water partition coefficient (Wildman–Crippen LogP) is 4.46. The van der Waals surface area contributed by atoms with Gasteiger partial charge in [-0.2, -0.15) is 4.98 Å². The van der Waals surface area contributed by atoms with Crippen LogP contribution in [-0.4, -0.2) is 47.8 Å². The number of benzene rings is 2. The molecule has 1 heterocycles. The van der Waals surface area contributed by atoms with Crippen LogP contribution in [0.1, 0.15) is 45.1 Å². The van der Waals surface area contributed by atoms with E-state index in [-0.39, 0.29) is 19.0 Å². The molecule has 0 fully saturated rings. The molecule has 0 atom stereocenters. The lowest BCUT2D eigenvalue weighted by molar-refractivity contribution is -0.116. The number of anilines is 2. The van der Waals surface area contributed by atoms with Crippen molar-refractivity contribution in [3.05, 3.63) is 60.0 Å². The first kappa shape index (κ1) is 27.9. The molecule has 0 spiro atoms. The summed E-state index contributed by atoms with van der Waals surface area (Å²) in [6, 6.07) is 13.6. The zero-order chi connectivity index (χ0) is 26.8. The molecule has 0 aliphatic carbocycles. The molecule has 37 heavy (non-hydrogen) atoms. The number of ketones is 1. The van der Waals surface area contributed by atoms with Gasteiger partial charge >= 0.3 is 0 Å². The monoisotopic (exact) mass is 507 g/mol. The van der Waals surface area contributed by atoms with Gasteiger partial charge in [-0.1, -0.05) is 37.2 Å². The number of Topliss-reactive ketones (excluding diaryl/α,β-unsaturated/α-hetero) is 1. The van der Waals surface area contributed by atoms with Crippen molar-refractivity contribution < 1.29 is 19.2 Å². The minimum Gasteiger partial charge on any atom is -0.491 e. The van der Waals surface area contributed by atoms with Crippen molar-refractivity contribution in [3.8, 4) is 17.1 Å². The van der Waals surface area contributed by atoms with Gasteiger partial charge in [0, 0.05) is 25.6 Å². The Morgan fingerprint density at radius 3 is 2.62 bits per heavy atom. The van der Waals surface area contributed by atoms with E-state index in [1.54, 1.807) is 17.2 Å². The van der Waals surface area contributed by atoms with Gasteiger partial charge in [0.1, 0.15) is 18.1 Å². The Bertz CT molecular complexity index is 1170. The average molecular weight is 508 g/mol. The van der Waals surface area contributed by atoms with E-state index in [1.165, 1.54) is 6.92 Å². The molecule has 0 amide bonds. The van der Waals surface area contributed by atoms with Gasteiger partial charge in [-0.05, 0) is 61.2 Å². The largest absolute Gasteiger partial charge is 0.491 e. The van der Waals surface area contributed by atoms with Crippen LogP contribution in [0.15, 0.2) is 53.1 Å². The van der Waals surface area contributed by atoms with Gasteiger partial charge in [-0.15, -0.1) is 0 Å². The first-order chi connectivity index (χ1) is 17.8.